The van der Waals surface area contributed by atoms with E-state index in [-0.39, 0.29) is 16.5 Å². The topological polar surface area (TPSA) is 85.5 Å². The normalized spacial score (nSPS) is 11.3. The van der Waals surface area contributed by atoms with Gasteiger partial charge in [0.1, 0.15) is 5.01 Å². The van der Waals surface area contributed by atoms with Crippen molar-refractivity contribution in [2.24, 2.45) is 0 Å². The molecule has 1 heterocycles. The lowest BCUT2D eigenvalue weighted by Gasteiger charge is -2.08. The minimum Gasteiger partial charge on any atom is -0.503 e. The zero-order valence-corrected chi connectivity index (χ0v) is 14.7. The third kappa shape index (κ3) is 3.72. The van der Waals surface area contributed by atoms with Crippen LogP contribution in [0.3, 0.4) is 0 Å². The van der Waals surface area contributed by atoms with Gasteiger partial charge >= 0.3 is 0 Å². The number of hydrogen-bond acceptors (Lipinski definition) is 6. The van der Waals surface area contributed by atoms with Crippen LogP contribution in [0, 0.1) is 10.1 Å². The van der Waals surface area contributed by atoms with Crippen LogP contribution in [0.5, 0.6) is 11.5 Å². The largest absolute Gasteiger partial charge is 0.503 e. The Labute approximate surface area is 152 Å². The SMILES string of the molecule is CCOc1cc(C=Cc2nc3ccc([N+](=O)[O-])cc3s2)cc(Cl)c1O. The van der Waals surface area contributed by atoms with Crippen molar-refractivity contribution in [3.63, 3.8) is 0 Å². The van der Waals surface area contributed by atoms with Gasteiger partial charge in [-0.1, -0.05) is 17.7 Å². The maximum atomic E-state index is 10.8. The molecule has 3 aromatic rings. The van der Waals surface area contributed by atoms with Crippen LogP contribution in [0.2, 0.25) is 5.02 Å². The molecule has 25 heavy (non-hydrogen) atoms. The van der Waals surface area contributed by atoms with Crippen molar-refractivity contribution >= 4 is 51.0 Å². The molecule has 0 atom stereocenters. The minimum atomic E-state index is -0.428. The zero-order valence-electron chi connectivity index (χ0n) is 13.1. The van der Waals surface area contributed by atoms with E-state index in [1.807, 2.05) is 6.92 Å². The van der Waals surface area contributed by atoms with Gasteiger partial charge < -0.3 is 9.84 Å². The van der Waals surface area contributed by atoms with E-state index in [9.17, 15) is 15.2 Å². The summed E-state index contributed by atoms with van der Waals surface area (Å²) in [4.78, 5) is 14.8. The summed E-state index contributed by atoms with van der Waals surface area (Å²) in [6.45, 7) is 2.23. The summed E-state index contributed by atoms with van der Waals surface area (Å²) in [7, 11) is 0. The van der Waals surface area contributed by atoms with Crippen molar-refractivity contribution in [1.82, 2.24) is 4.98 Å². The highest BCUT2D eigenvalue weighted by Gasteiger charge is 2.10. The Morgan fingerprint density at radius 3 is 2.88 bits per heavy atom. The van der Waals surface area contributed by atoms with Crippen LogP contribution in [0.4, 0.5) is 5.69 Å². The standard InChI is InChI=1S/C17H13ClN2O4S/c1-2-24-14-8-10(7-12(18)17(14)21)3-6-16-19-13-5-4-11(20(22)23)9-15(13)25-16/h3-9,21H,2H2,1H3. The molecule has 1 aromatic heterocycles. The number of benzene rings is 2. The highest BCUT2D eigenvalue weighted by Crippen LogP contribution is 2.36. The Kier molecular flexibility index (Phi) is 4.87. The molecular formula is C17H13ClN2O4S. The summed E-state index contributed by atoms with van der Waals surface area (Å²) < 4.78 is 6.09. The summed E-state index contributed by atoms with van der Waals surface area (Å²) in [5, 5.41) is 21.6. The maximum Gasteiger partial charge on any atom is 0.270 e. The molecule has 0 radical (unpaired) electrons. The highest BCUT2D eigenvalue weighted by molar-refractivity contribution is 7.19. The molecule has 1 N–H and O–H groups in total. The fourth-order valence-corrected chi connectivity index (χ4v) is 3.36. The van der Waals surface area contributed by atoms with Crippen molar-refractivity contribution in [2.75, 3.05) is 6.61 Å². The van der Waals surface area contributed by atoms with Crippen LogP contribution >= 0.6 is 22.9 Å². The summed E-state index contributed by atoms with van der Waals surface area (Å²) in [5.74, 6) is 0.225. The molecule has 0 aliphatic heterocycles. The molecule has 0 fully saturated rings. The Balaban J connectivity index is 1.91. The third-order valence-corrected chi connectivity index (χ3v) is 4.64. The molecule has 3 rings (SSSR count). The average Bonchev–Trinajstić information content (AvgIpc) is 2.99. The van der Waals surface area contributed by atoms with Crippen LogP contribution in [-0.4, -0.2) is 21.6 Å². The number of hydrogen-bond donors (Lipinski definition) is 1. The monoisotopic (exact) mass is 376 g/mol. The van der Waals surface area contributed by atoms with Crippen LogP contribution in [0.15, 0.2) is 30.3 Å². The van der Waals surface area contributed by atoms with Gasteiger partial charge in [0.25, 0.3) is 5.69 Å². The number of aromatic nitrogens is 1. The van der Waals surface area contributed by atoms with Gasteiger partial charge in [-0.3, -0.25) is 10.1 Å². The molecule has 0 unspecified atom stereocenters. The van der Waals surface area contributed by atoms with Gasteiger partial charge in [-0.05, 0) is 36.8 Å². The number of thiazole rings is 1. The number of aromatic hydroxyl groups is 1. The minimum absolute atomic E-state index is 0.0401. The number of nitro benzene ring substituents is 1. The Morgan fingerprint density at radius 1 is 1.36 bits per heavy atom. The molecule has 0 aliphatic rings. The summed E-state index contributed by atoms with van der Waals surface area (Å²) in [5.41, 5.74) is 1.49. The van der Waals surface area contributed by atoms with Crippen molar-refractivity contribution in [1.29, 1.82) is 0 Å². The smallest absolute Gasteiger partial charge is 0.270 e. The highest BCUT2D eigenvalue weighted by atomic mass is 35.5. The quantitative estimate of drug-likeness (QED) is 0.492. The number of nitro groups is 1. The lowest BCUT2D eigenvalue weighted by molar-refractivity contribution is -0.384. The Morgan fingerprint density at radius 2 is 2.16 bits per heavy atom. The van der Waals surface area contributed by atoms with E-state index in [4.69, 9.17) is 16.3 Å². The number of nitrogens with zero attached hydrogens (tertiary/aromatic N) is 2. The van der Waals surface area contributed by atoms with Crippen molar-refractivity contribution in [2.45, 2.75) is 6.92 Å². The summed E-state index contributed by atoms with van der Waals surface area (Å²) >= 11 is 7.36. The number of rotatable bonds is 5. The van der Waals surface area contributed by atoms with Crippen LogP contribution in [-0.2, 0) is 0 Å². The van der Waals surface area contributed by atoms with Crippen LogP contribution < -0.4 is 4.74 Å². The van der Waals surface area contributed by atoms with Gasteiger partial charge in [0, 0.05) is 12.1 Å². The lowest BCUT2D eigenvalue weighted by atomic mass is 10.2. The Hall–Kier alpha value is -2.64. The van der Waals surface area contributed by atoms with Crippen molar-refractivity contribution < 1.29 is 14.8 Å². The van der Waals surface area contributed by atoms with E-state index in [1.165, 1.54) is 23.5 Å². The second-order valence-corrected chi connectivity index (χ2v) is 6.55. The first-order valence-electron chi connectivity index (χ1n) is 7.36. The fourth-order valence-electron chi connectivity index (χ4n) is 2.24. The molecular weight excluding hydrogens is 364 g/mol. The fraction of sp³-hybridized carbons (Fsp3) is 0.118. The third-order valence-electron chi connectivity index (χ3n) is 3.37. The molecule has 6 nitrogen and oxygen atoms in total. The molecule has 0 bridgehead atoms. The van der Waals surface area contributed by atoms with E-state index >= 15 is 0 Å². The predicted octanol–water partition coefficient (Wildman–Crippen LogP) is 5.13. The number of fused-ring (bicyclic) bond motifs is 1. The number of phenolic OH excluding ortho intramolecular Hbond substituents is 1. The first-order valence-corrected chi connectivity index (χ1v) is 8.55. The number of halogens is 1. The van der Waals surface area contributed by atoms with Crippen molar-refractivity contribution in [3.8, 4) is 11.5 Å². The van der Waals surface area contributed by atoms with Crippen LogP contribution in [0.1, 0.15) is 17.5 Å². The van der Waals surface area contributed by atoms with Gasteiger partial charge in [0.15, 0.2) is 11.5 Å². The molecule has 0 amide bonds. The predicted molar refractivity (Wildman–Crippen MR) is 99.5 cm³/mol. The molecule has 0 saturated carbocycles. The second kappa shape index (κ2) is 7.08. The van der Waals surface area contributed by atoms with Crippen LogP contribution in [0.25, 0.3) is 22.4 Å². The molecule has 2 aromatic carbocycles. The molecule has 0 aliphatic carbocycles. The summed E-state index contributed by atoms with van der Waals surface area (Å²) in [6.07, 6.45) is 3.58. The molecule has 0 saturated heterocycles. The van der Waals surface area contributed by atoms with Gasteiger partial charge in [-0.2, -0.15) is 0 Å². The first kappa shape index (κ1) is 17.2. The van der Waals surface area contributed by atoms with Crippen molar-refractivity contribution in [3.05, 3.63) is 56.0 Å². The summed E-state index contributed by atoms with van der Waals surface area (Å²) in [6, 6.07) is 7.87. The van der Waals surface area contributed by atoms with Gasteiger partial charge in [-0.15, -0.1) is 11.3 Å². The van der Waals surface area contributed by atoms with E-state index in [2.05, 4.69) is 4.98 Å². The van der Waals surface area contributed by atoms with E-state index in [0.717, 1.165) is 10.3 Å². The van der Waals surface area contributed by atoms with E-state index in [1.54, 1.807) is 30.4 Å². The lowest BCUT2D eigenvalue weighted by Crippen LogP contribution is -1.92. The number of phenols is 1. The number of ether oxygens (including phenoxy) is 1. The molecule has 0 spiro atoms. The van der Waals surface area contributed by atoms with E-state index in [0.29, 0.717) is 22.9 Å². The molecule has 128 valence electrons. The maximum absolute atomic E-state index is 10.8. The Bertz CT molecular complexity index is 984. The average molecular weight is 377 g/mol. The van der Waals surface area contributed by atoms with E-state index < -0.39 is 4.92 Å². The number of non-ortho nitro benzene ring substituents is 1. The molecule has 8 heteroatoms. The zero-order chi connectivity index (χ0) is 18.0. The van der Waals surface area contributed by atoms with Gasteiger partial charge in [-0.25, -0.2) is 4.98 Å². The van der Waals surface area contributed by atoms with Gasteiger partial charge in [0.05, 0.1) is 26.8 Å². The van der Waals surface area contributed by atoms with Gasteiger partial charge in [0.2, 0.25) is 0 Å². The first-order chi connectivity index (χ1) is 12.0. The second-order valence-electron chi connectivity index (χ2n) is 5.08.